The van der Waals surface area contributed by atoms with Crippen molar-refractivity contribution < 1.29 is 19.1 Å². The minimum Gasteiger partial charge on any atom is -0.480 e. The molecule has 0 saturated carbocycles. The minimum absolute atomic E-state index is 0.118. The van der Waals surface area contributed by atoms with E-state index < -0.39 is 23.7 Å². The molecule has 1 aliphatic heterocycles. The summed E-state index contributed by atoms with van der Waals surface area (Å²) >= 11 is 7.21. The van der Waals surface area contributed by atoms with E-state index in [1.165, 1.54) is 28.8 Å². The fourth-order valence-corrected chi connectivity index (χ4v) is 3.79. The number of aliphatic carboxylic acids is 1. The van der Waals surface area contributed by atoms with Gasteiger partial charge in [0.05, 0.1) is 5.02 Å². The number of hydrogen-bond donors (Lipinski definition) is 1. The average molecular weight is 332 g/mol. The lowest BCUT2D eigenvalue weighted by Crippen LogP contribution is -2.44. The van der Waals surface area contributed by atoms with E-state index in [1.54, 1.807) is 0 Å². The number of carbonyl (C=O) groups excluding carboxylic acids is 1. The first kappa shape index (κ1) is 16.1. The Bertz CT molecular complexity index is 569. The monoisotopic (exact) mass is 331 g/mol. The zero-order valence-corrected chi connectivity index (χ0v) is 13.0. The van der Waals surface area contributed by atoms with Crippen LogP contribution in [0.4, 0.5) is 4.39 Å². The highest BCUT2D eigenvalue weighted by Crippen LogP contribution is 2.30. The summed E-state index contributed by atoms with van der Waals surface area (Å²) in [5.41, 5.74) is 0.204. The number of amides is 1. The molecular weight excluding hydrogens is 317 g/mol. The summed E-state index contributed by atoms with van der Waals surface area (Å²) in [5.74, 6) is -1.26. The van der Waals surface area contributed by atoms with Crippen LogP contribution in [0.25, 0.3) is 0 Å². The highest BCUT2D eigenvalue weighted by atomic mass is 35.5. The predicted octanol–water partition coefficient (Wildman–Crippen LogP) is 2.90. The Morgan fingerprint density at radius 3 is 2.81 bits per heavy atom. The Hall–Kier alpha value is -1.27. The SMILES string of the molecule is CCS[C@H]1CCN(C(=O)c2ccc(F)c(Cl)c2)[C@@H]1C(=O)O. The van der Waals surface area contributed by atoms with Gasteiger partial charge in [-0.2, -0.15) is 11.8 Å². The molecule has 1 N–H and O–H groups in total. The lowest BCUT2D eigenvalue weighted by Gasteiger charge is -2.24. The molecule has 2 atom stereocenters. The number of nitrogens with zero attached hydrogens (tertiary/aromatic N) is 1. The van der Waals surface area contributed by atoms with Gasteiger partial charge in [0, 0.05) is 17.4 Å². The number of halogens is 2. The van der Waals surface area contributed by atoms with E-state index in [2.05, 4.69) is 0 Å². The fraction of sp³-hybridized carbons (Fsp3) is 0.429. The molecule has 0 unspecified atom stereocenters. The topological polar surface area (TPSA) is 57.6 Å². The van der Waals surface area contributed by atoms with Gasteiger partial charge in [0.15, 0.2) is 0 Å². The van der Waals surface area contributed by atoms with Crippen molar-refractivity contribution >= 4 is 35.2 Å². The molecule has 1 saturated heterocycles. The Morgan fingerprint density at radius 1 is 1.52 bits per heavy atom. The third kappa shape index (κ3) is 3.32. The molecule has 21 heavy (non-hydrogen) atoms. The maximum absolute atomic E-state index is 13.2. The molecule has 7 heteroatoms. The third-order valence-electron chi connectivity index (χ3n) is 3.40. The van der Waals surface area contributed by atoms with Crippen molar-refractivity contribution in [2.75, 3.05) is 12.3 Å². The molecule has 1 aromatic carbocycles. The number of carbonyl (C=O) groups is 2. The molecule has 0 radical (unpaired) electrons. The molecule has 0 spiro atoms. The minimum atomic E-state index is -1.01. The second-order valence-corrected chi connectivity index (χ2v) is 6.62. The fourth-order valence-electron chi connectivity index (χ4n) is 2.47. The summed E-state index contributed by atoms with van der Waals surface area (Å²) in [6.07, 6.45) is 0.635. The summed E-state index contributed by atoms with van der Waals surface area (Å²) in [5, 5.41) is 9.12. The van der Waals surface area contributed by atoms with Crippen molar-refractivity contribution in [1.82, 2.24) is 4.90 Å². The van der Waals surface area contributed by atoms with E-state index in [0.29, 0.717) is 13.0 Å². The van der Waals surface area contributed by atoms with Gasteiger partial charge in [-0.25, -0.2) is 9.18 Å². The zero-order chi connectivity index (χ0) is 15.6. The van der Waals surface area contributed by atoms with Gasteiger partial charge in [-0.15, -0.1) is 0 Å². The number of hydrogen-bond acceptors (Lipinski definition) is 3. The highest BCUT2D eigenvalue weighted by molar-refractivity contribution is 7.99. The van der Waals surface area contributed by atoms with Crippen LogP contribution in [-0.2, 0) is 4.79 Å². The first-order valence-electron chi connectivity index (χ1n) is 6.56. The van der Waals surface area contributed by atoms with E-state index in [0.717, 1.165) is 11.8 Å². The summed E-state index contributed by atoms with van der Waals surface area (Å²) < 4.78 is 13.2. The van der Waals surface area contributed by atoms with Gasteiger partial charge >= 0.3 is 5.97 Å². The molecule has 4 nitrogen and oxygen atoms in total. The molecule has 1 amide bonds. The normalized spacial score (nSPS) is 21.6. The third-order valence-corrected chi connectivity index (χ3v) is 4.95. The lowest BCUT2D eigenvalue weighted by atomic mass is 10.1. The maximum Gasteiger partial charge on any atom is 0.327 e. The van der Waals surface area contributed by atoms with Crippen LogP contribution in [0.1, 0.15) is 23.7 Å². The van der Waals surface area contributed by atoms with Crippen LogP contribution >= 0.6 is 23.4 Å². The molecule has 1 fully saturated rings. The Balaban J connectivity index is 2.25. The molecule has 114 valence electrons. The predicted molar refractivity (Wildman–Crippen MR) is 80.4 cm³/mol. The van der Waals surface area contributed by atoms with Gasteiger partial charge < -0.3 is 10.0 Å². The molecular formula is C14H15ClFNO3S. The standard InChI is InChI=1S/C14H15ClFNO3S/c1-2-21-11-5-6-17(12(11)14(19)20)13(18)8-3-4-10(16)9(15)7-8/h3-4,7,11-12H,2,5-6H2,1H3,(H,19,20)/t11-,12-/m0/s1. The molecule has 1 aromatic rings. The van der Waals surface area contributed by atoms with E-state index in [-0.39, 0.29) is 15.8 Å². The summed E-state index contributed by atoms with van der Waals surface area (Å²) in [6.45, 7) is 2.33. The molecule has 1 aliphatic rings. The Morgan fingerprint density at radius 2 is 2.24 bits per heavy atom. The van der Waals surface area contributed by atoms with E-state index >= 15 is 0 Å². The zero-order valence-electron chi connectivity index (χ0n) is 11.4. The smallest absolute Gasteiger partial charge is 0.327 e. The van der Waals surface area contributed by atoms with Crippen molar-refractivity contribution in [2.45, 2.75) is 24.6 Å². The molecule has 0 aromatic heterocycles. The van der Waals surface area contributed by atoms with Crippen molar-refractivity contribution in [1.29, 1.82) is 0 Å². The Labute approximate surface area is 131 Å². The maximum atomic E-state index is 13.2. The lowest BCUT2D eigenvalue weighted by molar-refractivity contribution is -0.141. The number of likely N-dealkylation sites (tertiary alicyclic amines) is 1. The van der Waals surface area contributed by atoms with Crippen LogP contribution in [0, 0.1) is 5.82 Å². The quantitative estimate of drug-likeness (QED) is 0.921. The van der Waals surface area contributed by atoms with Crippen molar-refractivity contribution in [3.63, 3.8) is 0 Å². The molecule has 1 heterocycles. The largest absolute Gasteiger partial charge is 0.480 e. The van der Waals surface area contributed by atoms with Gasteiger partial charge in [-0.05, 0) is 30.4 Å². The van der Waals surface area contributed by atoms with Gasteiger partial charge in [-0.3, -0.25) is 4.79 Å². The second kappa shape index (κ2) is 6.66. The Kier molecular flexibility index (Phi) is 5.11. The van der Waals surface area contributed by atoms with Crippen LogP contribution in [0.3, 0.4) is 0 Å². The first-order chi connectivity index (χ1) is 9.95. The average Bonchev–Trinajstić information content (AvgIpc) is 2.85. The number of carboxylic acids is 1. The second-order valence-electron chi connectivity index (χ2n) is 4.69. The van der Waals surface area contributed by atoms with Gasteiger partial charge in [0.1, 0.15) is 11.9 Å². The van der Waals surface area contributed by atoms with Crippen LogP contribution in [-0.4, -0.2) is 45.5 Å². The summed E-state index contributed by atoms with van der Waals surface area (Å²) in [7, 11) is 0. The number of benzene rings is 1. The highest BCUT2D eigenvalue weighted by Gasteiger charge is 2.42. The van der Waals surface area contributed by atoms with Gasteiger partial charge in [-0.1, -0.05) is 18.5 Å². The van der Waals surface area contributed by atoms with Crippen LogP contribution in [0.5, 0.6) is 0 Å². The number of thioether (sulfide) groups is 1. The molecule has 0 aliphatic carbocycles. The molecule has 0 bridgehead atoms. The van der Waals surface area contributed by atoms with E-state index in [4.69, 9.17) is 11.6 Å². The van der Waals surface area contributed by atoms with Crippen molar-refractivity contribution in [3.05, 3.63) is 34.6 Å². The van der Waals surface area contributed by atoms with Crippen LogP contribution in [0.2, 0.25) is 5.02 Å². The van der Waals surface area contributed by atoms with Crippen LogP contribution in [0.15, 0.2) is 18.2 Å². The van der Waals surface area contributed by atoms with Crippen molar-refractivity contribution in [2.24, 2.45) is 0 Å². The molecule has 2 rings (SSSR count). The van der Waals surface area contributed by atoms with Gasteiger partial charge in [0.2, 0.25) is 0 Å². The van der Waals surface area contributed by atoms with E-state index in [1.807, 2.05) is 6.92 Å². The van der Waals surface area contributed by atoms with Crippen molar-refractivity contribution in [3.8, 4) is 0 Å². The number of carboxylic acid groups (broad SMARTS) is 1. The van der Waals surface area contributed by atoms with Gasteiger partial charge in [0.25, 0.3) is 5.91 Å². The van der Waals surface area contributed by atoms with E-state index in [9.17, 15) is 19.1 Å². The summed E-state index contributed by atoms with van der Waals surface area (Å²) in [4.78, 5) is 25.2. The first-order valence-corrected chi connectivity index (χ1v) is 7.98. The summed E-state index contributed by atoms with van der Waals surface area (Å²) in [6, 6.07) is 2.81. The van der Waals surface area contributed by atoms with Crippen LogP contribution < -0.4 is 0 Å². The number of rotatable bonds is 4.